The zero-order valence-electron chi connectivity index (χ0n) is 25.4. The van der Waals surface area contributed by atoms with E-state index in [2.05, 4.69) is 15.2 Å². The van der Waals surface area contributed by atoms with Gasteiger partial charge in [0, 0.05) is 32.5 Å². The largest absolute Gasteiger partial charge is 0.497 e. The van der Waals surface area contributed by atoms with E-state index in [0.29, 0.717) is 54.6 Å². The molecule has 0 amide bonds. The van der Waals surface area contributed by atoms with Gasteiger partial charge in [-0.05, 0) is 60.0 Å². The van der Waals surface area contributed by atoms with Gasteiger partial charge in [-0.3, -0.25) is 0 Å². The molecule has 0 aliphatic heterocycles. The van der Waals surface area contributed by atoms with Crippen LogP contribution in [-0.2, 0) is 24.4 Å². The molecule has 0 spiro atoms. The number of aromatic nitrogens is 5. The Morgan fingerprint density at radius 2 is 1.34 bits per heavy atom. The van der Waals surface area contributed by atoms with E-state index in [0.717, 1.165) is 33.9 Å². The highest BCUT2D eigenvalue weighted by Crippen LogP contribution is 2.30. The molecule has 0 saturated carbocycles. The molecule has 5 rings (SSSR count). The number of rotatable bonds is 13. The van der Waals surface area contributed by atoms with Gasteiger partial charge in [-0.15, -0.1) is 0 Å². The topological polar surface area (TPSA) is 117 Å². The van der Waals surface area contributed by atoms with Crippen molar-refractivity contribution < 1.29 is 18.9 Å². The van der Waals surface area contributed by atoms with Gasteiger partial charge in [-0.25, -0.2) is 15.0 Å². The molecular formula is C33H35N7O4. The number of pyridine rings is 2. The molecule has 11 nitrogen and oxygen atoms in total. The van der Waals surface area contributed by atoms with Crippen molar-refractivity contribution in [1.82, 2.24) is 24.9 Å². The zero-order valence-corrected chi connectivity index (χ0v) is 25.4. The van der Waals surface area contributed by atoms with Crippen LogP contribution in [0.1, 0.15) is 22.5 Å². The summed E-state index contributed by atoms with van der Waals surface area (Å²) in [7, 11) is 6.54. The summed E-state index contributed by atoms with van der Waals surface area (Å²) >= 11 is 0. The number of ether oxygens (including phenoxy) is 4. The van der Waals surface area contributed by atoms with Crippen LogP contribution >= 0.6 is 0 Å². The molecule has 3 aromatic heterocycles. The Labute approximate surface area is 256 Å². The van der Waals surface area contributed by atoms with Crippen LogP contribution in [0.3, 0.4) is 0 Å². The molecule has 44 heavy (non-hydrogen) atoms. The van der Waals surface area contributed by atoms with Gasteiger partial charge in [0.1, 0.15) is 23.1 Å². The lowest BCUT2D eigenvalue weighted by Gasteiger charge is -2.24. The summed E-state index contributed by atoms with van der Waals surface area (Å²) in [4.78, 5) is 25.6. The first-order valence-electron chi connectivity index (χ1n) is 14.0. The predicted octanol–water partition coefficient (Wildman–Crippen LogP) is 5.76. The number of methoxy groups -OCH3 is 4. The highest BCUT2D eigenvalue weighted by molar-refractivity contribution is 5.75. The van der Waals surface area contributed by atoms with Crippen molar-refractivity contribution in [3.8, 4) is 28.8 Å². The van der Waals surface area contributed by atoms with Crippen molar-refractivity contribution in [1.29, 1.82) is 0 Å². The Kier molecular flexibility index (Phi) is 9.78. The van der Waals surface area contributed by atoms with Gasteiger partial charge in [0.15, 0.2) is 5.82 Å². The standard InChI is InChI=1S/C33H35N7O4/c1-22-36-32(29-16-25(21-41-2)17-35-31(29)38-26-10-15-30(44-5)34-18-26)39-33(37-22)40(19-23-6-11-27(42-3)12-7-23)20-24-8-13-28(43-4)14-9-24/h6-18H,19-21H2,1-5H3,(H,35,38). The second kappa shape index (κ2) is 14.3. The second-order valence-corrected chi connectivity index (χ2v) is 9.95. The molecule has 0 radical (unpaired) electrons. The Morgan fingerprint density at radius 3 is 1.89 bits per heavy atom. The van der Waals surface area contributed by atoms with Crippen LogP contribution in [0.15, 0.2) is 79.1 Å². The Bertz CT molecular complexity index is 1610. The van der Waals surface area contributed by atoms with E-state index in [-0.39, 0.29) is 0 Å². The first kappa shape index (κ1) is 30.2. The lowest BCUT2D eigenvalue weighted by Crippen LogP contribution is -2.25. The van der Waals surface area contributed by atoms with E-state index in [4.69, 9.17) is 38.9 Å². The third-order valence-corrected chi connectivity index (χ3v) is 6.79. The molecule has 0 bridgehead atoms. The number of nitrogens with zero attached hydrogens (tertiary/aromatic N) is 6. The van der Waals surface area contributed by atoms with E-state index in [9.17, 15) is 0 Å². The molecule has 5 aromatic rings. The number of aryl methyl sites for hydroxylation is 1. The van der Waals surface area contributed by atoms with Crippen molar-refractivity contribution in [3.05, 3.63) is 102 Å². The van der Waals surface area contributed by atoms with Crippen LogP contribution in [0.2, 0.25) is 0 Å². The second-order valence-electron chi connectivity index (χ2n) is 9.95. The summed E-state index contributed by atoms with van der Waals surface area (Å²) in [6.07, 6.45) is 3.45. The van der Waals surface area contributed by atoms with Gasteiger partial charge in [0.2, 0.25) is 11.8 Å². The fourth-order valence-corrected chi connectivity index (χ4v) is 4.56. The van der Waals surface area contributed by atoms with Crippen molar-refractivity contribution >= 4 is 17.5 Å². The summed E-state index contributed by atoms with van der Waals surface area (Å²) < 4.78 is 21.3. The SMILES string of the molecule is COCc1cnc(Nc2ccc(OC)nc2)c(-c2nc(C)nc(N(Cc3ccc(OC)cc3)Cc3ccc(OC)cc3)n2)c1. The zero-order chi connectivity index (χ0) is 30.9. The number of hydrogen-bond donors (Lipinski definition) is 1. The van der Waals surface area contributed by atoms with Crippen LogP contribution in [0.25, 0.3) is 11.4 Å². The summed E-state index contributed by atoms with van der Waals surface area (Å²) in [6.45, 7) is 3.37. The highest BCUT2D eigenvalue weighted by atomic mass is 16.5. The quantitative estimate of drug-likeness (QED) is 0.180. The summed E-state index contributed by atoms with van der Waals surface area (Å²) in [5.74, 6) is 4.28. The van der Waals surface area contributed by atoms with Gasteiger partial charge in [0.25, 0.3) is 0 Å². The predicted molar refractivity (Wildman–Crippen MR) is 168 cm³/mol. The van der Waals surface area contributed by atoms with Crippen LogP contribution < -0.4 is 24.4 Å². The average Bonchev–Trinajstić information content (AvgIpc) is 3.06. The Hall–Kier alpha value is -5.29. The lowest BCUT2D eigenvalue weighted by molar-refractivity contribution is 0.184. The third-order valence-electron chi connectivity index (χ3n) is 6.79. The maximum atomic E-state index is 5.39. The number of nitrogens with one attached hydrogen (secondary N) is 1. The monoisotopic (exact) mass is 593 g/mol. The lowest BCUT2D eigenvalue weighted by atomic mass is 10.1. The maximum Gasteiger partial charge on any atom is 0.229 e. The number of benzene rings is 2. The first-order valence-corrected chi connectivity index (χ1v) is 14.0. The maximum absolute atomic E-state index is 5.39. The van der Waals surface area contributed by atoms with Crippen LogP contribution in [0, 0.1) is 6.92 Å². The molecule has 226 valence electrons. The molecule has 0 fully saturated rings. The minimum absolute atomic E-state index is 0.391. The van der Waals surface area contributed by atoms with Crippen molar-refractivity contribution in [3.63, 3.8) is 0 Å². The number of hydrogen-bond acceptors (Lipinski definition) is 11. The van der Waals surface area contributed by atoms with E-state index >= 15 is 0 Å². The molecule has 11 heteroatoms. The molecule has 0 atom stereocenters. The smallest absolute Gasteiger partial charge is 0.229 e. The van der Waals surface area contributed by atoms with Gasteiger partial charge >= 0.3 is 0 Å². The molecule has 3 heterocycles. The Balaban J connectivity index is 1.55. The normalized spacial score (nSPS) is 10.8. The molecule has 0 unspecified atom stereocenters. The van der Waals surface area contributed by atoms with Crippen LogP contribution in [0.5, 0.6) is 17.4 Å². The van der Waals surface area contributed by atoms with Gasteiger partial charge in [0.05, 0.1) is 45.4 Å². The van der Waals surface area contributed by atoms with E-state index in [1.807, 2.05) is 67.6 Å². The van der Waals surface area contributed by atoms with E-state index in [1.165, 1.54) is 0 Å². The van der Waals surface area contributed by atoms with Crippen molar-refractivity contribution in [2.45, 2.75) is 26.6 Å². The molecule has 0 saturated heterocycles. The summed E-state index contributed by atoms with van der Waals surface area (Å²) in [6, 6.07) is 21.6. The van der Waals surface area contributed by atoms with Crippen LogP contribution in [-0.4, -0.2) is 53.4 Å². The summed E-state index contributed by atoms with van der Waals surface area (Å²) in [5.41, 5.74) is 4.49. The number of anilines is 3. The minimum atomic E-state index is 0.391. The van der Waals surface area contributed by atoms with Gasteiger partial charge in [-0.2, -0.15) is 9.97 Å². The molecule has 1 N–H and O–H groups in total. The molecular weight excluding hydrogens is 558 g/mol. The van der Waals surface area contributed by atoms with Gasteiger partial charge in [-0.1, -0.05) is 24.3 Å². The molecule has 0 aliphatic rings. The van der Waals surface area contributed by atoms with E-state index in [1.54, 1.807) is 46.9 Å². The van der Waals surface area contributed by atoms with E-state index < -0.39 is 0 Å². The van der Waals surface area contributed by atoms with Crippen molar-refractivity contribution in [2.75, 3.05) is 38.7 Å². The first-order chi connectivity index (χ1) is 21.5. The minimum Gasteiger partial charge on any atom is -0.497 e. The summed E-state index contributed by atoms with van der Waals surface area (Å²) in [5, 5.41) is 3.35. The fourth-order valence-electron chi connectivity index (χ4n) is 4.56. The average molecular weight is 594 g/mol. The molecule has 0 aliphatic carbocycles. The highest BCUT2D eigenvalue weighted by Gasteiger charge is 2.18. The molecule has 2 aromatic carbocycles. The Morgan fingerprint density at radius 1 is 0.682 bits per heavy atom. The van der Waals surface area contributed by atoms with Gasteiger partial charge < -0.3 is 29.2 Å². The van der Waals surface area contributed by atoms with Crippen molar-refractivity contribution in [2.24, 2.45) is 0 Å². The fraction of sp³-hybridized carbons (Fsp3) is 0.242. The van der Waals surface area contributed by atoms with Crippen LogP contribution in [0.4, 0.5) is 17.5 Å². The third kappa shape index (κ3) is 7.56.